The zero-order valence-electron chi connectivity index (χ0n) is 17.4. The standard InChI is InChI=1S/C23H19BrI2N2O4S/c24-16-5-3-14(4-6-16)13-32-21-17(25)9-15(10-18(21)26)11-19-22(30)28(23(31)33-19)12-20(29)27-7-1-2-8-27/h3-6,9-11H,1-2,7-8,12-13H2/b19-11+. The highest BCUT2D eigenvalue weighted by Crippen LogP contribution is 2.35. The minimum absolute atomic E-state index is 0.174. The number of carbonyl (C=O) groups is 3. The highest BCUT2D eigenvalue weighted by atomic mass is 127. The number of thioether (sulfide) groups is 1. The average molecular weight is 753 g/mol. The van der Waals surface area contributed by atoms with Crippen LogP contribution in [0.5, 0.6) is 5.75 Å². The highest BCUT2D eigenvalue weighted by molar-refractivity contribution is 14.1. The van der Waals surface area contributed by atoms with E-state index in [4.69, 9.17) is 4.74 Å². The van der Waals surface area contributed by atoms with Crippen LogP contribution in [-0.4, -0.2) is 46.5 Å². The molecular formula is C23H19BrI2N2O4S. The number of benzene rings is 2. The molecule has 0 unspecified atom stereocenters. The molecule has 0 N–H and O–H groups in total. The Bertz CT molecular complexity index is 1110. The van der Waals surface area contributed by atoms with Crippen molar-refractivity contribution in [2.24, 2.45) is 0 Å². The van der Waals surface area contributed by atoms with E-state index in [1.54, 1.807) is 11.0 Å². The molecule has 2 heterocycles. The monoisotopic (exact) mass is 752 g/mol. The summed E-state index contributed by atoms with van der Waals surface area (Å²) < 4.78 is 8.87. The van der Waals surface area contributed by atoms with Crippen molar-refractivity contribution in [1.29, 1.82) is 0 Å². The van der Waals surface area contributed by atoms with Crippen molar-refractivity contribution < 1.29 is 19.1 Å². The van der Waals surface area contributed by atoms with Crippen molar-refractivity contribution in [1.82, 2.24) is 9.80 Å². The van der Waals surface area contributed by atoms with Gasteiger partial charge in [0.1, 0.15) is 18.9 Å². The van der Waals surface area contributed by atoms with Gasteiger partial charge in [0.25, 0.3) is 11.1 Å². The van der Waals surface area contributed by atoms with E-state index in [0.29, 0.717) is 24.6 Å². The lowest BCUT2D eigenvalue weighted by Gasteiger charge is -2.18. The van der Waals surface area contributed by atoms with Gasteiger partial charge in [0.05, 0.1) is 12.0 Å². The number of hydrogen-bond acceptors (Lipinski definition) is 5. The highest BCUT2D eigenvalue weighted by Gasteiger charge is 2.37. The lowest BCUT2D eigenvalue weighted by molar-refractivity contribution is -0.135. The summed E-state index contributed by atoms with van der Waals surface area (Å²) in [6.45, 7) is 1.64. The molecule has 2 aromatic carbocycles. The predicted octanol–water partition coefficient (Wildman–Crippen LogP) is 5.90. The van der Waals surface area contributed by atoms with Crippen LogP contribution in [0.2, 0.25) is 0 Å². The quantitative estimate of drug-likeness (QED) is 0.272. The second-order valence-corrected chi connectivity index (χ2v) is 11.8. The Hall–Kier alpha value is -1.12. The van der Waals surface area contributed by atoms with Gasteiger partial charge in [0.2, 0.25) is 5.91 Å². The third kappa shape index (κ3) is 6.12. The molecular weight excluding hydrogens is 734 g/mol. The summed E-state index contributed by atoms with van der Waals surface area (Å²) in [5.74, 6) is 0.186. The molecule has 2 aromatic rings. The van der Waals surface area contributed by atoms with Crippen molar-refractivity contribution in [3.63, 3.8) is 0 Å². The van der Waals surface area contributed by atoms with E-state index in [-0.39, 0.29) is 12.5 Å². The molecule has 172 valence electrons. The average Bonchev–Trinajstić information content (AvgIpc) is 3.39. The molecule has 4 rings (SSSR count). The molecule has 33 heavy (non-hydrogen) atoms. The number of imide groups is 1. The van der Waals surface area contributed by atoms with Crippen molar-refractivity contribution in [2.75, 3.05) is 19.6 Å². The van der Waals surface area contributed by atoms with Gasteiger partial charge < -0.3 is 9.64 Å². The van der Waals surface area contributed by atoms with Gasteiger partial charge in [-0.2, -0.15) is 0 Å². The maximum absolute atomic E-state index is 12.8. The summed E-state index contributed by atoms with van der Waals surface area (Å²) in [4.78, 5) is 40.7. The topological polar surface area (TPSA) is 66.9 Å². The smallest absolute Gasteiger partial charge is 0.294 e. The second-order valence-electron chi connectivity index (χ2n) is 7.58. The number of hydrogen-bond donors (Lipinski definition) is 0. The minimum atomic E-state index is -0.418. The van der Waals surface area contributed by atoms with Crippen molar-refractivity contribution in [2.45, 2.75) is 19.4 Å². The van der Waals surface area contributed by atoms with E-state index in [1.165, 1.54) is 0 Å². The molecule has 2 aliphatic rings. The van der Waals surface area contributed by atoms with Crippen LogP contribution in [0, 0.1) is 7.14 Å². The lowest BCUT2D eigenvalue weighted by Crippen LogP contribution is -2.40. The summed E-state index contributed by atoms with van der Waals surface area (Å²) in [5.41, 5.74) is 1.86. The molecule has 3 amide bonds. The molecule has 0 aliphatic carbocycles. The summed E-state index contributed by atoms with van der Waals surface area (Å²) in [6, 6.07) is 11.8. The zero-order valence-corrected chi connectivity index (χ0v) is 24.1. The van der Waals surface area contributed by atoms with Crippen molar-refractivity contribution in [3.05, 3.63) is 64.0 Å². The third-order valence-corrected chi connectivity index (χ3v) is 8.28. The first-order chi connectivity index (χ1) is 15.8. The molecule has 0 radical (unpaired) electrons. The zero-order chi connectivity index (χ0) is 23.5. The number of likely N-dealkylation sites (tertiary alicyclic amines) is 1. The molecule has 6 nitrogen and oxygen atoms in total. The summed E-state index contributed by atoms with van der Waals surface area (Å²) in [5, 5.41) is -0.405. The van der Waals surface area contributed by atoms with Crippen molar-refractivity contribution >= 4 is 96.0 Å². The summed E-state index contributed by atoms with van der Waals surface area (Å²) >= 11 is 8.73. The van der Waals surface area contributed by atoms with Gasteiger partial charge >= 0.3 is 0 Å². The number of ether oxygens (including phenoxy) is 1. The van der Waals surface area contributed by atoms with Gasteiger partial charge in [-0.05, 0) is 111 Å². The minimum Gasteiger partial charge on any atom is -0.487 e. The van der Waals surface area contributed by atoms with Crippen LogP contribution in [0.4, 0.5) is 4.79 Å². The van der Waals surface area contributed by atoms with E-state index < -0.39 is 11.1 Å². The number of carbonyl (C=O) groups excluding carboxylic acids is 3. The fourth-order valence-corrected chi connectivity index (χ4v) is 6.76. The van der Waals surface area contributed by atoms with Crippen molar-refractivity contribution in [3.8, 4) is 5.75 Å². The van der Waals surface area contributed by atoms with E-state index in [0.717, 1.165) is 58.0 Å². The second kappa shape index (κ2) is 11.1. The van der Waals surface area contributed by atoms with E-state index in [1.807, 2.05) is 36.4 Å². The van der Waals surface area contributed by atoms with E-state index >= 15 is 0 Å². The Labute approximate surface area is 231 Å². The Kier molecular flexibility index (Phi) is 8.39. The lowest BCUT2D eigenvalue weighted by atomic mass is 10.2. The largest absolute Gasteiger partial charge is 0.487 e. The molecule has 0 aromatic heterocycles. The summed E-state index contributed by atoms with van der Waals surface area (Å²) in [7, 11) is 0. The molecule has 2 fully saturated rings. The number of nitrogens with zero attached hydrogens (tertiary/aromatic N) is 2. The molecule has 2 saturated heterocycles. The fraction of sp³-hybridized carbons (Fsp3) is 0.261. The molecule has 10 heteroatoms. The first kappa shape index (κ1) is 25.0. The van der Waals surface area contributed by atoms with Crippen LogP contribution in [0.3, 0.4) is 0 Å². The molecule has 0 saturated carbocycles. The van der Waals surface area contributed by atoms with E-state index in [2.05, 4.69) is 61.1 Å². The normalized spacial score (nSPS) is 17.4. The first-order valence-electron chi connectivity index (χ1n) is 10.2. The molecule has 0 spiro atoms. The van der Waals surface area contributed by atoms with Crippen LogP contribution in [0.1, 0.15) is 24.0 Å². The van der Waals surface area contributed by atoms with Gasteiger partial charge in [-0.25, -0.2) is 0 Å². The van der Waals surface area contributed by atoms with Gasteiger partial charge in [-0.1, -0.05) is 28.1 Å². The van der Waals surface area contributed by atoms with Gasteiger partial charge in [0.15, 0.2) is 0 Å². The summed E-state index contributed by atoms with van der Waals surface area (Å²) in [6.07, 6.45) is 3.63. The fourth-order valence-electron chi connectivity index (χ4n) is 3.53. The number of rotatable bonds is 6. The van der Waals surface area contributed by atoms with Crippen LogP contribution in [0.25, 0.3) is 6.08 Å². The van der Waals surface area contributed by atoms with Crippen LogP contribution in [0.15, 0.2) is 45.8 Å². The Morgan fingerprint density at radius 1 is 1.09 bits per heavy atom. The maximum Gasteiger partial charge on any atom is 0.294 e. The SMILES string of the molecule is O=C(CN1C(=O)S/C(=C/c2cc(I)c(OCc3ccc(Br)cc3)c(I)c2)C1=O)N1CCCC1. The van der Waals surface area contributed by atoms with E-state index in [9.17, 15) is 14.4 Å². The molecule has 2 aliphatic heterocycles. The van der Waals surface area contributed by atoms with Gasteiger partial charge in [0, 0.05) is 17.6 Å². The first-order valence-corrected chi connectivity index (χ1v) is 14.0. The number of halogens is 3. The Morgan fingerprint density at radius 2 is 1.73 bits per heavy atom. The third-order valence-electron chi connectivity index (χ3n) is 5.24. The number of amides is 3. The van der Waals surface area contributed by atoms with Gasteiger partial charge in [-0.15, -0.1) is 0 Å². The van der Waals surface area contributed by atoms with Gasteiger partial charge in [-0.3, -0.25) is 19.3 Å². The van der Waals surface area contributed by atoms with Crippen LogP contribution >= 0.6 is 72.9 Å². The molecule has 0 atom stereocenters. The Balaban J connectivity index is 1.45. The molecule has 0 bridgehead atoms. The maximum atomic E-state index is 12.8. The van der Waals surface area contributed by atoms with Crippen LogP contribution < -0.4 is 4.74 Å². The predicted molar refractivity (Wildman–Crippen MR) is 149 cm³/mol. The van der Waals surface area contributed by atoms with Crippen LogP contribution in [-0.2, 0) is 16.2 Å². The Morgan fingerprint density at radius 3 is 2.36 bits per heavy atom.